The number of aromatic amines is 2. The number of nitrogens with two attached hydrogens (primary N) is 2. The number of carbonyl (C=O) groups excluding carboxylic acids is 2. The summed E-state index contributed by atoms with van der Waals surface area (Å²) in [6.07, 6.45) is 0. The minimum Gasteiger partial charge on any atom is -0.492 e. The number of carbonyl (C=O) groups is 2. The van der Waals surface area contributed by atoms with E-state index in [1.54, 1.807) is 6.07 Å². The van der Waals surface area contributed by atoms with Crippen molar-refractivity contribution in [1.82, 2.24) is 24.8 Å². The summed E-state index contributed by atoms with van der Waals surface area (Å²) in [6, 6.07) is 5.43. The molecule has 136 valence electrons. The Kier molecular flexibility index (Phi) is 4.59. The molecule has 0 aliphatic carbocycles. The van der Waals surface area contributed by atoms with Gasteiger partial charge in [-0.05, 0) is 26.2 Å². The van der Waals surface area contributed by atoms with Gasteiger partial charge in [0.25, 0.3) is 11.8 Å². The molecule has 0 aliphatic heterocycles. The maximum Gasteiger partial charge on any atom is 0.269 e. The van der Waals surface area contributed by atoms with E-state index < -0.39 is 11.8 Å². The fourth-order valence-corrected chi connectivity index (χ4v) is 2.38. The van der Waals surface area contributed by atoms with Gasteiger partial charge in [0.2, 0.25) is 0 Å². The van der Waals surface area contributed by atoms with Crippen molar-refractivity contribution in [3.8, 4) is 17.4 Å². The van der Waals surface area contributed by atoms with E-state index >= 15 is 0 Å². The van der Waals surface area contributed by atoms with Gasteiger partial charge in [-0.25, -0.2) is 9.97 Å². The maximum absolute atomic E-state index is 11.4. The van der Waals surface area contributed by atoms with Crippen LogP contribution >= 0.6 is 0 Å². The first-order valence-corrected chi connectivity index (χ1v) is 7.82. The lowest BCUT2D eigenvalue weighted by Crippen LogP contribution is -2.20. The van der Waals surface area contributed by atoms with Gasteiger partial charge in [-0.15, -0.1) is 0 Å². The molecule has 0 unspecified atom stereocenters. The van der Waals surface area contributed by atoms with Gasteiger partial charge >= 0.3 is 0 Å². The van der Waals surface area contributed by atoms with Crippen LogP contribution in [-0.2, 0) is 0 Å². The average Bonchev–Trinajstić information content (AvgIpc) is 3.18. The molecule has 0 bridgehead atoms. The summed E-state index contributed by atoms with van der Waals surface area (Å²) in [5.74, 6) is -0.441. The predicted molar refractivity (Wildman–Crippen MR) is 94.8 cm³/mol. The second-order valence-electron chi connectivity index (χ2n) is 5.95. The molecule has 3 rings (SSSR count). The summed E-state index contributed by atoms with van der Waals surface area (Å²) in [5.41, 5.74) is 11.5. The summed E-state index contributed by atoms with van der Waals surface area (Å²) < 4.78 is 5.69. The summed E-state index contributed by atoms with van der Waals surface area (Å²) in [6.45, 7) is 1.35. The fourth-order valence-electron chi connectivity index (χ4n) is 2.38. The highest BCUT2D eigenvalue weighted by Gasteiger charge is 2.21. The molecule has 0 saturated carbocycles. The monoisotopic (exact) mass is 357 g/mol. The van der Waals surface area contributed by atoms with E-state index in [2.05, 4.69) is 19.9 Å². The Labute approximate surface area is 148 Å². The van der Waals surface area contributed by atoms with Gasteiger partial charge in [0.05, 0.1) is 11.0 Å². The lowest BCUT2D eigenvalue weighted by atomic mass is 10.3. The number of likely N-dealkylation sites (N-methyl/N-ethyl adjacent to an activating group) is 1. The van der Waals surface area contributed by atoms with Crippen molar-refractivity contribution in [2.45, 2.75) is 0 Å². The number of rotatable bonds is 7. The summed E-state index contributed by atoms with van der Waals surface area (Å²) in [4.78, 5) is 39.0. The Morgan fingerprint density at radius 2 is 1.85 bits per heavy atom. The molecule has 0 atom stereocenters. The second-order valence-corrected chi connectivity index (χ2v) is 5.95. The van der Waals surface area contributed by atoms with Crippen molar-refractivity contribution < 1.29 is 14.3 Å². The second kappa shape index (κ2) is 6.84. The van der Waals surface area contributed by atoms with Gasteiger partial charge in [-0.2, -0.15) is 0 Å². The van der Waals surface area contributed by atoms with Crippen LogP contribution in [0.25, 0.3) is 22.7 Å². The number of imidazole rings is 2. The van der Waals surface area contributed by atoms with Crippen LogP contribution in [0.5, 0.6) is 5.75 Å². The van der Waals surface area contributed by atoms with Crippen LogP contribution in [0.1, 0.15) is 21.0 Å². The number of primary amides is 2. The Morgan fingerprint density at radius 1 is 1.12 bits per heavy atom. The number of nitrogens with one attached hydrogen (secondary N) is 2. The van der Waals surface area contributed by atoms with Crippen LogP contribution < -0.4 is 16.2 Å². The molecule has 0 radical (unpaired) electrons. The van der Waals surface area contributed by atoms with E-state index in [-0.39, 0.29) is 17.2 Å². The van der Waals surface area contributed by atoms with Crippen molar-refractivity contribution in [3.05, 3.63) is 29.6 Å². The topological polar surface area (TPSA) is 156 Å². The maximum atomic E-state index is 11.4. The molecule has 26 heavy (non-hydrogen) atoms. The number of ether oxygens (including phenoxy) is 1. The van der Waals surface area contributed by atoms with Gasteiger partial charge in [-0.1, -0.05) is 0 Å². The number of nitrogens with zero attached hydrogens (tertiary/aromatic N) is 3. The quantitative estimate of drug-likeness (QED) is 0.469. The van der Waals surface area contributed by atoms with Gasteiger partial charge in [0.15, 0.2) is 17.3 Å². The number of hydrogen-bond donors (Lipinski definition) is 4. The highest BCUT2D eigenvalue weighted by atomic mass is 16.5. The van der Waals surface area contributed by atoms with Crippen molar-refractivity contribution >= 4 is 22.8 Å². The first-order chi connectivity index (χ1) is 12.3. The lowest BCUT2D eigenvalue weighted by molar-refractivity contribution is 0.0962. The van der Waals surface area contributed by atoms with E-state index in [1.807, 2.05) is 31.1 Å². The molecule has 3 aromatic rings. The van der Waals surface area contributed by atoms with Crippen LogP contribution in [0.4, 0.5) is 0 Å². The largest absolute Gasteiger partial charge is 0.492 e. The third-order valence-electron chi connectivity index (χ3n) is 3.67. The molecule has 10 heteroatoms. The van der Waals surface area contributed by atoms with E-state index in [0.29, 0.717) is 23.7 Å². The molecular formula is C16H19N7O3. The normalized spacial score (nSPS) is 11.2. The molecule has 0 fully saturated rings. The van der Waals surface area contributed by atoms with E-state index in [9.17, 15) is 9.59 Å². The number of hydrogen-bond acceptors (Lipinski definition) is 6. The summed E-state index contributed by atoms with van der Waals surface area (Å²) in [5, 5.41) is 0. The van der Waals surface area contributed by atoms with Crippen LogP contribution in [-0.4, -0.2) is 63.9 Å². The zero-order chi connectivity index (χ0) is 18.8. The van der Waals surface area contributed by atoms with Crippen molar-refractivity contribution in [3.63, 3.8) is 0 Å². The molecule has 10 nitrogen and oxygen atoms in total. The third-order valence-corrected chi connectivity index (χ3v) is 3.67. The highest BCUT2D eigenvalue weighted by Crippen LogP contribution is 2.23. The van der Waals surface area contributed by atoms with E-state index in [4.69, 9.17) is 16.2 Å². The Morgan fingerprint density at radius 3 is 2.46 bits per heavy atom. The first kappa shape index (κ1) is 17.4. The highest BCUT2D eigenvalue weighted by molar-refractivity contribution is 6.04. The fraction of sp³-hybridized carbons (Fsp3) is 0.250. The van der Waals surface area contributed by atoms with Crippen LogP contribution in [0.3, 0.4) is 0 Å². The Balaban J connectivity index is 1.90. The predicted octanol–water partition coefficient (Wildman–Crippen LogP) is 0.0912. The SMILES string of the molecule is CN(C)CCOc1ccc2nc(-c3nc(C(N)=O)c(C(N)=O)[nH]3)[nH]c2c1. The standard InChI is InChI=1S/C16H19N7O3/c1-23(2)5-6-26-8-3-4-9-10(7-8)20-15(19-9)16-21-11(13(17)24)12(22-16)14(18)25/h3-4,7H,5-6H2,1-2H3,(H2,17,24)(H2,18,25)(H,19,20)(H,21,22). The minimum absolute atomic E-state index is 0.152. The molecule has 2 amide bonds. The number of benzene rings is 1. The van der Waals surface area contributed by atoms with E-state index in [1.165, 1.54) is 0 Å². The van der Waals surface area contributed by atoms with Gasteiger partial charge < -0.3 is 31.1 Å². The average molecular weight is 357 g/mol. The molecule has 0 saturated heterocycles. The van der Waals surface area contributed by atoms with Crippen molar-refractivity contribution in [2.24, 2.45) is 11.5 Å². The van der Waals surface area contributed by atoms with Crippen LogP contribution in [0.2, 0.25) is 0 Å². The molecule has 0 aliphatic rings. The zero-order valence-corrected chi connectivity index (χ0v) is 14.4. The smallest absolute Gasteiger partial charge is 0.269 e. The van der Waals surface area contributed by atoms with Crippen molar-refractivity contribution in [1.29, 1.82) is 0 Å². The number of fused-ring (bicyclic) bond motifs is 1. The summed E-state index contributed by atoms with van der Waals surface area (Å²) in [7, 11) is 3.94. The third kappa shape index (κ3) is 3.49. The number of amides is 2. The Bertz CT molecular complexity index is 942. The lowest BCUT2D eigenvalue weighted by Gasteiger charge is -2.10. The van der Waals surface area contributed by atoms with Crippen LogP contribution in [0, 0.1) is 0 Å². The first-order valence-electron chi connectivity index (χ1n) is 7.82. The van der Waals surface area contributed by atoms with Crippen LogP contribution in [0.15, 0.2) is 18.2 Å². The molecule has 6 N–H and O–H groups in total. The molecule has 2 heterocycles. The van der Waals surface area contributed by atoms with Crippen molar-refractivity contribution in [2.75, 3.05) is 27.2 Å². The summed E-state index contributed by atoms with van der Waals surface area (Å²) >= 11 is 0. The number of H-pyrrole nitrogens is 2. The minimum atomic E-state index is -0.853. The number of aromatic nitrogens is 4. The van der Waals surface area contributed by atoms with E-state index in [0.717, 1.165) is 12.1 Å². The molecule has 0 spiro atoms. The van der Waals surface area contributed by atoms with Gasteiger partial charge in [0.1, 0.15) is 18.1 Å². The Hall–Kier alpha value is -3.40. The van der Waals surface area contributed by atoms with Gasteiger partial charge in [0, 0.05) is 12.6 Å². The van der Waals surface area contributed by atoms with Gasteiger partial charge in [-0.3, -0.25) is 9.59 Å². The zero-order valence-electron chi connectivity index (χ0n) is 14.4. The molecular weight excluding hydrogens is 338 g/mol. The molecule has 2 aromatic heterocycles. The molecule has 1 aromatic carbocycles.